The van der Waals surface area contributed by atoms with Crippen LogP contribution in [0, 0.1) is 5.82 Å². The first-order valence-corrected chi connectivity index (χ1v) is 13.4. The average Bonchev–Trinajstić information content (AvgIpc) is 3.02. The van der Waals surface area contributed by atoms with Crippen molar-refractivity contribution in [2.45, 2.75) is 19.3 Å². The number of benzene rings is 2. The van der Waals surface area contributed by atoms with Gasteiger partial charge < -0.3 is 19.5 Å². The van der Waals surface area contributed by atoms with E-state index in [1.54, 1.807) is 43.6 Å². The monoisotopic (exact) mass is 580 g/mol. The number of nitrogens with zero attached hydrogens (tertiary/aromatic N) is 3. The predicted octanol–water partition coefficient (Wildman–Crippen LogP) is 5.50. The van der Waals surface area contributed by atoms with Gasteiger partial charge in [0.2, 0.25) is 0 Å². The largest absolute Gasteiger partial charge is 0.493 e. The summed E-state index contributed by atoms with van der Waals surface area (Å²) in [5.41, 5.74) is 0.209. The number of anilines is 1. The predicted molar refractivity (Wildman–Crippen MR) is 156 cm³/mol. The second-order valence-electron chi connectivity index (χ2n) is 9.76. The molecule has 3 heterocycles. The van der Waals surface area contributed by atoms with Crippen molar-refractivity contribution in [1.82, 2.24) is 14.5 Å². The number of para-hydroxylation sites is 1. The number of fused-ring (bicyclic) bond motifs is 2. The van der Waals surface area contributed by atoms with Crippen LogP contribution >= 0.6 is 0 Å². The van der Waals surface area contributed by atoms with Gasteiger partial charge in [-0.15, -0.1) is 0 Å². The molecule has 1 N–H and O–H groups in total. The Balaban J connectivity index is 1.28. The van der Waals surface area contributed by atoms with Gasteiger partial charge in [0.15, 0.2) is 17.3 Å². The van der Waals surface area contributed by atoms with E-state index < -0.39 is 17.3 Å². The first-order chi connectivity index (χ1) is 20.9. The number of nitrogens with one attached hydrogen (secondary N) is 1. The van der Waals surface area contributed by atoms with Gasteiger partial charge in [-0.25, -0.2) is 9.37 Å². The van der Waals surface area contributed by atoms with Gasteiger partial charge in [-0.3, -0.25) is 23.9 Å². The van der Waals surface area contributed by atoms with E-state index >= 15 is 0 Å². The third kappa shape index (κ3) is 5.16. The third-order valence-corrected chi connectivity index (χ3v) is 7.17. The van der Waals surface area contributed by atoms with Crippen LogP contribution in [0.25, 0.3) is 16.6 Å². The topological polar surface area (TPSA) is 122 Å². The zero-order valence-electron chi connectivity index (χ0n) is 23.2. The van der Waals surface area contributed by atoms with E-state index in [4.69, 9.17) is 14.2 Å². The second kappa shape index (κ2) is 11.4. The first-order valence-electron chi connectivity index (χ1n) is 13.4. The quantitative estimate of drug-likeness (QED) is 0.268. The number of halogens is 1. The van der Waals surface area contributed by atoms with Crippen molar-refractivity contribution in [3.05, 3.63) is 106 Å². The highest BCUT2D eigenvalue weighted by Gasteiger charge is 2.27. The smallest absolute Gasteiger partial charge is 0.268 e. The van der Waals surface area contributed by atoms with Crippen molar-refractivity contribution in [3.63, 3.8) is 0 Å². The number of hydrogen-bond acceptors (Lipinski definition) is 8. The van der Waals surface area contributed by atoms with Crippen LogP contribution in [0.4, 0.5) is 10.2 Å². The van der Waals surface area contributed by atoms with Gasteiger partial charge in [0, 0.05) is 35.3 Å². The molecule has 1 aliphatic carbocycles. The number of amides is 1. The Morgan fingerprint density at radius 2 is 1.72 bits per heavy atom. The number of carbonyl (C=O) groups excluding carboxylic acids is 2. The Kier molecular flexibility index (Phi) is 7.29. The summed E-state index contributed by atoms with van der Waals surface area (Å²) in [6.45, 7) is 0. The summed E-state index contributed by atoms with van der Waals surface area (Å²) in [5.74, 6) is 0.438. The molecule has 0 aliphatic heterocycles. The summed E-state index contributed by atoms with van der Waals surface area (Å²) in [4.78, 5) is 48.2. The van der Waals surface area contributed by atoms with Gasteiger partial charge in [0.1, 0.15) is 28.7 Å². The van der Waals surface area contributed by atoms with E-state index in [1.807, 2.05) is 0 Å². The van der Waals surface area contributed by atoms with Gasteiger partial charge >= 0.3 is 0 Å². The summed E-state index contributed by atoms with van der Waals surface area (Å²) < 4.78 is 32.7. The summed E-state index contributed by atoms with van der Waals surface area (Å²) >= 11 is 0. The maximum absolute atomic E-state index is 14.8. The lowest BCUT2D eigenvalue weighted by atomic mass is 9.92. The van der Waals surface area contributed by atoms with E-state index in [1.165, 1.54) is 43.6 Å². The van der Waals surface area contributed by atoms with Crippen molar-refractivity contribution in [3.8, 4) is 28.7 Å². The van der Waals surface area contributed by atoms with Crippen LogP contribution in [0.3, 0.4) is 0 Å². The fourth-order valence-electron chi connectivity index (χ4n) is 5.10. The number of hydrogen-bond donors (Lipinski definition) is 1. The molecule has 43 heavy (non-hydrogen) atoms. The fourth-order valence-corrected chi connectivity index (χ4v) is 5.10. The van der Waals surface area contributed by atoms with Gasteiger partial charge in [-0.05, 0) is 55.3 Å². The van der Waals surface area contributed by atoms with E-state index in [0.717, 1.165) is 4.57 Å². The molecule has 0 fully saturated rings. The van der Waals surface area contributed by atoms with Crippen LogP contribution in [0.5, 0.6) is 23.0 Å². The van der Waals surface area contributed by atoms with Crippen LogP contribution in [0.15, 0.2) is 77.9 Å². The highest BCUT2D eigenvalue weighted by Crippen LogP contribution is 2.37. The zero-order chi connectivity index (χ0) is 30.1. The normalized spacial score (nSPS) is 12.5. The number of ketones is 1. The highest BCUT2D eigenvalue weighted by atomic mass is 19.1. The maximum Gasteiger partial charge on any atom is 0.268 e. The number of Topliss-reactive ketones (excluding diaryl/α,β-unsaturated/α-hetero) is 1. The van der Waals surface area contributed by atoms with Crippen molar-refractivity contribution in [1.29, 1.82) is 0 Å². The Morgan fingerprint density at radius 3 is 2.47 bits per heavy atom. The number of carbonyl (C=O) groups is 2. The molecule has 11 heteroatoms. The van der Waals surface area contributed by atoms with E-state index in [-0.39, 0.29) is 34.8 Å². The molecule has 0 saturated carbocycles. The van der Waals surface area contributed by atoms with Gasteiger partial charge in [-0.2, -0.15) is 0 Å². The molecule has 0 saturated heterocycles. The van der Waals surface area contributed by atoms with Crippen LogP contribution in [-0.2, 0) is 6.42 Å². The molecule has 0 unspecified atom stereocenters. The molecule has 216 valence electrons. The standard InChI is InChI=1S/C32H25FN4O6/c1-41-28-15-19-23(16-29(28)42-2)34-13-12-27(19)43-18-10-11-30(35-17-18)36-31(39)21-14-20-24(8-5-9-26(20)38)37(32(21)40)25-7-4-3-6-22(25)33/h3-4,6-7,10-17H,5,8-9H2,1-2H3,(H,35,36,39). The van der Waals surface area contributed by atoms with Crippen molar-refractivity contribution in [2.75, 3.05) is 19.5 Å². The zero-order valence-corrected chi connectivity index (χ0v) is 23.2. The van der Waals surface area contributed by atoms with E-state index in [9.17, 15) is 18.8 Å². The Hall–Kier alpha value is -5.58. The van der Waals surface area contributed by atoms with Crippen molar-refractivity contribution >= 4 is 28.4 Å². The number of rotatable bonds is 7. The van der Waals surface area contributed by atoms with Crippen molar-refractivity contribution < 1.29 is 28.2 Å². The lowest BCUT2D eigenvalue weighted by molar-refractivity contribution is 0.0971. The van der Waals surface area contributed by atoms with Gasteiger partial charge in [0.05, 0.1) is 31.6 Å². The molecule has 0 spiro atoms. The van der Waals surface area contributed by atoms with Crippen LogP contribution < -0.4 is 25.1 Å². The lowest BCUT2D eigenvalue weighted by Crippen LogP contribution is -2.34. The maximum atomic E-state index is 14.8. The Bertz CT molecular complexity index is 1960. The summed E-state index contributed by atoms with van der Waals surface area (Å²) in [6, 6.07) is 15.4. The molecule has 0 bridgehead atoms. The van der Waals surface area contributed by atoms with Gasteiger partial charge in [0.25, 0.3) is 11.5 Å². The molecular weight excluding hydrogens is 555 g/mol. The molecule has 0 atom stereocenters. The molecule has 2 aromatic carbocycles. The average molecular weight is 581 g/mol. The molecule has 5 aromatic rings. The van der Waals surface area contributed by atoms with Crippen LogP contribution in [0.2, 0.25) is 0 Å². The molecule has 10 nitrogen and oxygen atoms in total. The molecule has 6 rings (SSSR count). The summed E-state index contributed by atoms with van der Waals surface area (Å²) in [5, 5.41) is 3.28. The first kappa shape index (κ1) is 27.6. The highest BCUT2D eigenvalue weighted by molar-refractivity contribution is 6.06. The number of pyridine rings is 3. The Morgan fingerprint density at radius 1 is 0.930 bits per heavy atom. The van der Waals surface area contributed by atoms with Gasteiger partial charge in [-0.1, -0.05) is 12.1 Å². The van der Waals surface area contributed by atoms with Crippen LogP contribution in [0.1, 0.15) is 39.3 Å². The fraction of sp³-hybridized carbons (Fsp3) is 0.156. The minimum atomic E-state index is -0.779. The van der Waals surface area contributed by atoms with E-state index in [2.05, 4.69) is 15.3 Å². The lowest BCUT2D eigenvalue weighted by Gasteiger charge is -2.22. The molecular formula is C32H25FN4O6. The number of methoxy groups -OCH3 is 2. The minimum absolute atomic E-state index is 0.0209. The summed E-state index contributed by atoms with van der Waals surface area (Å²) in [6.07, 6.45) is 4.22. The van der Waals surface area contributed by atoms with E-state index in [0.29, 0.717) is 52.4 Å². The second-order valence-corrected chi connectivity index (χ2v) is 9.76. The summed E-state index contributed by atoms with van der Waals surface area (Å²) in [7, 11) is 3.08. The minimum Gasteiger partial charge on any atom is -0.493 e. The molecule has 1 amide bonds. The van der Waals surface area contributed by atoms with Crippen molar-refractivity contribution in [2.24, 2.45) is 0 Å². The SMILES string of the molecule is COc1cc2nccc(Oc3ccc(NC(=O)c4cc5c(n(-c6ccccc6F)c4=O)CCCC5=O)nc3)c2cc1OC. The molecule has 0 radical (unpaired) electrons. The van der Waals surface area contributed by atoms with Crippen LogP contribution in [-0.4, -0.2) is 40.4 Å². The molecule has 1 aliphatic rings. The molecule has 3 aromatic heterocycles. The third-order valence-electron chi connectivity index (χ3n) is 7.17. The Labute approximate surface area is 244 Å². The number of ether oxygens (including phenoxy) is 3. The number of aromatic nitrogens is 3.